The average molecular weight is 417 g/mol. The van der Waals surface area contributed by atoms with Crippen molar-refractivity contribution in [1.82, 2.24) is 15.0 Å². The maximum Gasteiger partial charge on any atom is 0.433 e. The molecule has 1 N–H and O–H groups in total. The van der Waals surface area contributed by atoms with Crippen LogP contribution in [0.3, 0.4) is 0 Å². The minimum Gasteiger partial charge on any atom is -0.358 e. The molecule has 0 saturated carbocycles. The van der Waals surface area contributed by atoms with E-state index < -0.39 is 29.6 Å². The third-order valence-corrected chi connectivity index (χ3v) is 4.63. The van der Waals surface area contributed by atoms with Gasteiger partial charge in [-0.25, -0.2) is 14.4 Å². The lowest BCUT2D eigenvalue weighted by Gasteiger charge is -2.18. The summed E-state index contributed by atoms with van der Waals surface area (Å²) in [6, 6.07) is 8.71. The molecule has 4 rings (SSSR count). The highest BCUT2D eigenvalue weighted by molar-refractivity contribution is 6.01. The molecule has 1 saturated heterocycles. The molecule has 154 valence electrons. The largest absolute Gasteiger partial charge is 0.433 e. The van der Waals surface area contributed by atoms with Crippen LogP contribution < -0.4 is 10.2 Å². The molecule has 1 fully saturated rings. The SMILES string of the molecule is O=C1C(Nc2cc(C(F)(F)F)nc(-c3ccncc3)n2)CCN1c1ccccc1F. The summed E-state index contributed by atoms with van der Waals surface area (Å²) >= 11 is 0. The number of benzene rings is 1. The Morgan fingerprint density at radius 3 is 2.50 bits per heavy atom. The molecule has 1 aromatic carbocycles. The molecule has 0 bridgehead atoms. The quantitative estimate of drug-likeness (QED) is 0.652. The van der Waals surface area contributed by atoms with E-state index >= 15 is 0 Å². The third kappa shape index (κ3) is 3.93. The van der Waals surface area contributed by atoms with Crippen molar-refractivity contribution in [3.63, 3.8) is 0 Å². The number of aromatic nitrogens is 3. The summed E-state index contributed by atoms with van der Waals surface area (Å²) in [4.78, 5) is 25.5. The Morgan fingerprint density at radius 2 is 1.80 bits per heavy atom. The lowest BCUT2D eigenvalue weighted by molar-refractivity contribution is -0.141. The number of pyridine rings is 1. The van der Waals surface area contributed by atoms with Crippen molar-refractivity contribution >= 4 is 17.4 Å². The fourth-order valence-electron chi connectivity index (χ4n) is 3.20. The Labute approximate surface area is 168 Å². The number of para-hydroxylation sites is 1. The maximum absolute atomic E-state index is 14.0. The Bertz CT molecular complexity index is 1070. The van der Waals surface area contributed by atoms with Gasteiger partial charge in [-0.05, 0) is 30.7 Å². The molecule has 1 atom stereocenters. The summed E-state index contributed by atoms with van der Waals surface area (Å²) < 4.78 is 54.0. The van der Waals surface area contributed by atoms with Gasteiger partial charge in [-0.1, -0.05) is 12.1 Å². The molecular formula is C20H15F4N5O. The number of alkyl halides is 3. The van der Waals surface area contributed by atoms with E-state index in [4.69, 9.17) is 0 Å². The number of hydrogen-bond acceptors (Lipinski definition) is 5. The van der Waals surface area contributed by atoms with E-state index in [9.17, 15) is 22.4 Å². The molecule has 3 heterocycles. The molecule has 6 nitrogen and oxygen atoms in total. The van der Waals surface area contributed by atoms with E-state index in [1.807, 2.05) is 0 Å². The minimum atomic E-state index is -4.69. The highest BCUT2D eigenvalue weighted by Crippen LogP contribution is 2.32. The number of anilines is 2. The normalized spacial score (nSPS) is 16.7. The fourth-order valence-corrected chi connectivity index (χ4v) is 3.20. The predicted molar refractivity (Wildman–Crippen MR) is 101 cm³/mol. The van der Waals surface area contributed by atoms with Gasteiger partial charge in [-0.3, -0.25) is 9.78 Å². The number of carbonyl (C=O) groups excluding carboxylic acids is 1. The van der Waals surface area contributed by atoms with Gasteiger partial charge in [-0.15, -0.1) is 0 Å². The zero-order valence-corrected chi connectivity index (χ0v) is 15.4. The zero-order valence-electron chi connectivity index (χ0n) is 15.4. The van der Waals surface area contributed by atoms with Crippen LogP contribution in [-0.4, -0.2) is 33.4 Å². The van der Waals surface area contributed by atoms with Gasteiger partial charge in [-0.2, -0.15) is 13.2 Å². The summed E-state index contributed by atoms with van der Waals surface area (Å²) in [6.45, 7) is 0.228. The molecule has 30 heavy (non-hydrogen) atoms. The van der Waals surface area contributed by atoms with Crippen molar-refractivity contribution in [1.29, 1.82) is 0 Å². The molecule has 2 aromatic heterocycles. The van der Waals surface area contributed by atoms with Crippen LogP contribution >= 0.6 is 0 Å². The first-order valence-electron chi connectivity index (χ1n) is 9.02. The first-order chi connectivity index (χ1) is 14.3. The van der Waals surface area contributed by atoms with Gasteiger partial charge in [0.1, 0.15) is 17.7 Å². The molecular weight excluding hydrogens is 402 g/mol. The number of rotatable bonds is 4. The van der Waals surface area contributed by atoms with Crippen LogP contribution in [0, 0.1) is 5.82 Å². The van der Waals surface area contributed by atoms with Gasteiger partial charge in [0.15, 0.2) is 11.5 Å². The van der Waals surface area contributed by atoms with Crippen molar-refractivity contribution in [3.8, 4) is 11.4 Å². The van der Waals surface area contributed by atoms with Crippen LogP contribution in [-0.2, 0) is 11.0 Å². The van der Waals surface area contributed by atoms with Crippen molar-refractivity contribution in [3.05, 3.63) is 66.4 Å². The predicted octanol–water partition coefficient (Wildman–Crippen LogP) is 3.91. The van der Waals surface area contributed by atoms with Crippen molar-refractivity contribution < 1.29 is 22.4 Å². The summed E-state index contributed by atoms with van der Waals surface area (Å²) in [5, 5.41) is 2.75. The van der Waals surface area contributed by atoms with E-state index in [1.165, 1.54) is 47.6 Å². The van der Waals surface area contributed by atoms with Crippen molar-refractivity contribution in [2.75, 3.05) is 16.8 Å². The molecule has 0 radical (unpaired) electrons. The first kappa shape index (κ1) is 19.7. The minimum absolute atomic E-state index is 0.128. The molecule has 1 aliphatic rings. The Hall–Kier alpha value is -3.56. The van der Waals surface area contributed by atoms with Gasteiger partial charge in [0.2, 0.25) is 5.91 Å². The molecule has 10 heteroatoms. The Balaban J connectivity index is 1.63. The van der Waals surface area contributed by atoms with Crippen LogP contribution in [0.15, 0.2) is 54.9 Å². The smallest absolute Gasteiger partial charge is 0.358 e. The molecule has 1 aliphatic heterocycles. The van der Waals surface area contributed by atoms with Crippen LogP contribution in [0.5, 0.6) is 0 Å². The number of hydrogen-bond donors (Lipinski definition) is 1. The number of carbonyl (C=O) groups is 1. The third-order valence-electron chi connectivity index (χ3n) is 4.63. The standard InChI is InChI=1S/C20H15F4N5O/c21-13-3-1-2-4-15(13)29-10-7-14(19(29)30)26-17-11-16(20(22,23)24)27-18(28-17)12-5-8-25-9-6-12/h1-6,8-9,11,14H,7,10H2,(H,26,27,28). The molecule has 0 aliphatic carbocycles. The van der Waals surface area contributed by atoms with E-state index in [0.29, 0.717) is 5.56 Å². The Kier molecular flexibility index (Phi) is 5.06. The van der Waals surface area contributed by atoms with Crippen molar-refractivity contribution in [2.24, 2.45) is 0 Å². The van der Waals surface area contributed by atoms with E-state index in [2.05, 4.69) is 20.3 Å². The second-order valence-corrected chi connectivity index (χ2v) is 6.62. The topological polar surface area (TPSA) is 71.0 Å². The van der Waals surface area contributed by atoms with Gasteiger partial charge in [0.25, 0.3) is 0 Å². The number of nitrogens with zero attached hydrogens (tertiary/aromatic N) is 4. The average Bonchev–Trinajstić information content (AvgIpc) is 3.08. The van der Waals surface area contributed by atoms with Crippen LogP contribution in [0.4, 0.5) is 29.1 Å². The van der Waals surface area contributed by atoms with Gasteiger partial charge < -0.3 is 10.2 Å². The lowest BCUT2D eigenvalue weighted by atomic mass is 10.2. The Morgan fingerprint density at radius 1 is 1.07 bits per heavy atom. The van der Waals surface area contributed by atoms with Gasteiger partial charge in [0.05, 0.1) is 5.69 Å². The lowest BCUT2D eigenvalue weighted by Crippen LogP contribution is -2.34. The number of amides is 1. The maximum atomic E-state index is 14.0. The van der Waals surface area contributed by atoms with E-state index in [1.54, 1.807) is 6.07 Å². The second kappa shape index (κ2) is 7.69. The molecule has 3 aromatic rings. The first-order valence-corrected chi connectivity index (χ1v) is 9.02. The number of nitrogens with one attached hydrogen (secondary N) is 1. The number of halogens is 4. The highest BCUT2D eigenvalue weighted by atomic mass is 19.4. The van der Waals surface area contributed by atoms with E-state index in [0.717, 1.165) is 6.07 Å². The monoisotopic (exact) mass is 417 g/mol. The van der Waals surface area contributed by atoms with E-state index in [-0.39, 0.29) is 30.3 Å². The second-order valence-electron chi connectivity index (χ2n) is 6.62. The summed E-state index contributed by atoms with van der Waals surface area (Å²) in [7, 11) is 0. The molecule has 0 spiro atoms. The van der Waals surface area contributed by atoms with Crippen LogP contribution in [0.25, 0.3) is 11.4 Å². The van der Waals surface area contributed by atoms with Crippen molar-refractivity contribution in [2.45, 2.75) is 18.6 Å². The van der Waals surface area contributed by atoms with Gasteiger partial charge >= 0.3 is 6.18 Å². The zero-order chi connectivity index (χ0) is 21.3. The fraction of sp³-hybridized carbons (Fsp3) is 0.200. The summed E-state index contributed by atoms with van der Waals surface area (Å²) in [5.74, 6) is -1.28. The summed E-state index contributed by atoms with van der Waals surface area (Å²) in [6.07, 6.45) is -1.58. The molecule has 1 amide bonds. The van der Waals surface area contributed by atoms with Crippen LogP contribution in [0.2, 0.25) is 0 Å². The summed E-state index contributed by atoms with van der Waals surface area (Å²) in [5.41, 5.74) is -0.656. The molecule has 1 unspecified atom stereocenters. The van der Waals surface area contributed by atoms with Crippen LogP contribution in [0.1, 0.15) is 12.1 Å². The van der Waals surface area contributed by atoms with Gasteiger partial charge in [0, 0.05) is 30.6 Å². The highest BCUT2D eigenvalue weighted by Gasteiger charge is 2.36.